The van der Waals surface area contributed by atoms with Crippen LogP contribution in [0.15, 0.2) is 36.5 Å². The molecule has 1 unspecified atom stereocenters. The molecule has 0 spiro atoms. The van der Waals surface area contributed by atoms with Gasteiger partial charge in [-0.15, -0.1) is 0 Å². The first kappa shape index (κ1) is 14.7. The molecule has 1 aromatic carbocycles. The van der Waals surface area contributed by atoms with E-state index in [-0.39, 0.29) is 11.9 Å². The highest BCUT2D eigenvalue weighted by atomic mass is 19.1. The summed E-state index contributed by atoms with van der Waals surface area (Å²) in [5.74, 6) is -0.187. The highest BCUT2D eigenvalue weighted by Crippen LogP contribution is 2.20. The van der Waals surface area contributed by atoms with E-state index in [0.29, 0.717) is 0 Å². The van der Waals surface area contributed by atoms with Crippen molar-refractivity contribution >= 4 is 0 Å². The molecule has 1 N–H and O–H groups in total. The third-order valence-electron chi connectivity index (χ3n) is 3.42. The van der Waals surface area contributed by atoms with Crippen molar-refractivity contribution in [2.75, 3.05) is 0 Å². The molecule has 0 bridgehead atoms. The van der Waals surface area contributed by atoms with E-state index in [9.17, 15) is 4.39 Å². The molecule has 4 heteroatoms. The molecule has 0 aliphatic rings. The van der Waals surface area contributed by atoms with Gasteiger partial charge in [-0.05, 0) is 30.2 Å². The second-order valence-corrected chi connectivity index (χ2v) is 5.11. The molecule has 0 aliphatic carbocycles. The fourth-order valence-electron chi connectivity index (χ4n) is 2.28. The number of unbranched alkanes of at least 4 members (excludes halogenated alkanes) is 1. The Morgan fingerprint density at radius 1 is 1.25 bits per heavy atom. The minimum absolute atomic E-state index is 0.187. The zero-order chi connectivity index (χ0) is 14.4. The number of aryl methyl sites for hydroxylation is 1. The van der Waals surface area contributed by atoms with E-state index in [0.717, 1.165) is 37.1 Å². The van der Waals surface area contributed by atoms with Crippen molar-refractivity contribution in [3.05, 3.63) is 53.6 Å². The Balaban J connectivity index is 2.01. The minimum atomic E-state index is -0.187. The first-order chi connectivity index (χ1) is 9.69. The normalized spacial score (nSPS) is 12.6. The van der Waals surface area contributed by atoms with Crippen LogP contribution in [0, 0.1) is 5.82 Å². The Morgan fingerprint density at radius 2 is 2.00 bits per heavy atom. The quantitative estimate of drug-likeness (QED) is 0.837. The zero-order valence-electron chi connectivity index (χ0n) is 12.1. The molecule has 0 fully saturated rings. The summed E-state index contributed by atoms with van der Waals surface area (Å²) < 4.78 is 14.8. The highest BCUT2D eigenvalue weighted by Gasteiger charge is 2.11. The summed E-state index contributed by atoms with van der Waals surface area (Å²) in [7, 11) is 1.91. The Hall–Kier alpha value is -1.68. The number of hydrogen-bond acceptors (Lipinski definition) is 2. The summed E-state index contributed by atoms with van der Waals surface area (Å²) in [4.78, 5) is 0. The monoisotopic (exact) mass is 275 g/mol. The summed E-state index contributed by atoms with van der Waals surface area (Å²) in [6.45, 7) is 2.91. The van der Waals surface area contributed by atoms with E-state index in [1.165, 1.54) is 12.1 Å². The van der Waals surface area contributed by atoms with Crippen molar-refractivity contribution in [1.82, 2.24) is 15.1 Å². The molecule has 0 amide bonds. The molecular weight excluding hydrogens is 253 g/mol. The molecule has 20 heavy (non-hydrogen) atoms. The summed E-state index contributed by atoms with van der Waals surface area (Å²) in [5, 5.41) is 7.89. The summed E-state index contributed by atoms with van der Waals surface area (Å²) in [6, 6.07) is 9.03. The van der Waals surface area contributed by atoms with E-state index in [1.54, 1.807) is 4.68 Å². The lowest BCUT2D eigenvalue weighted by atomic mass is 10.0. The maximum atomic E-state index is 13.0. The molecule has 108 valence electrons. The smallest absolute Gasteiger partial charge is 0.123 e. The molecule has 1 heterocycles. The number of rotatable bonds is 7. The average molecular weight is 275 g/mol. The van der Waals surface area contributed by atoms with Crippen LogP contribution in [0.25, 0.3) is 0 Å². The van der Waals surface area contributed by atoms with E-state index in [2.05, 4.69) is 17.3 Å². The van der Waals surface area contributed by atoms with Gasteiger partial charge in [0.2, 0.25) is 0 Å². The number of nitrogens with one attached hydrogen (secondary N) is 1. The molecule has 0 saturated heterocycles. The topological polar surface area (TPSA) is 29.9 Å². The van der Waals surface area contributed by atoms with Crippen molar-refractivity contribution in [3.63, 3.8) is 0 Å². The van der Waals surface area contributed by atoms with Crippen LogP contribution in [0.3, 0.4) is 0 Å². The maximum Gasteiger partial charge on any atom is 0.123 e. The fraction of sp³-hybridized carbons (Fsp3) is 0.438. The number of nitrogens with zero attached hydrogens (tertiary/aromatic N) is 2. The van der Waals surface area contributed by atoms with Gasteiger partial charge < -0.3 is 5.32 Å². The van der Waals surface area contributed by atoms with Gasteiger partial charge in [0.25, 0.3) is 0 Å². The van der Waals surface area contributed by atoms with Crippen molar-refractivity contribution in [3.8, 4) is 0 Å². The number of halogens is 1. The van der Waals surface area contributed by atoms with Crippen LogP contribution in [-0.4, -0.2) is 9.78 Å². The van der Waals surface area contributed by atoms with Gasteiger partial charge in [-0.2, -0.15) is 5.10 Å². The van der Waals surface area contributed by atoms with Crippen LogP contribution >= 0.6 is 0 Å². The summed E-state index contributed by atoms with van der Waals surface area (Å²) in [5.41, 5.74) is 2.16. The molecule has 1 atom stereocenters. The SMILES string of the molecule is CCCCC(NCc1ccn(C)n1)c1ccc(F)cc1. The summed E-state index contributed by atoms with van der Waals surface area (Å²) in [6.07, 6.45) is 5.30. The van der Waals surface area contributed by atoms with E-state index >= 15 is 0 Å². The van der Waals surface area contributed by atoms with Gasteiger partial charge in [0, 0.05) is 25.8 Å². The van der Waals surface area contributed by atoms with Gasteiger partial charge in [0.1, 0.15) is 5.82 Å². The van der Waals surface area contributed by atoms with Crippen molar-refractivity contribution in [2.24, 2.45) is 7.05 Å². The Bertz CT molecular complexity index is 519. The van der Waals surface area contributed by atoms with Gasteiger partial charge >= 0.3 is 0 Å². The lowest BCUT2D eigenvalue weighted by Crippen LogP contribution is -2.21. The molecule has 0 radical (unpaired) electrons. The lowest BCUT2D eigenvalue weighted by molar-refractivity contribution is 0.474. The lowest BCUT2D eigenvalue weighted by Gasteiger charge is -2.18. The standard InChI is InChI=1S/C16H22FN3/c1-3-4-5-16(13-6-8-14(17)9-7-13)18-12-15-10-11-20(2)19-15/h6-11,16,18H,3-5,12H2,1-2H3. The van der Waals surface area contributed by atoms with Crippen LogP contribution in [0.2, 0.25) is 0 Å². The zero-order valence-corrected chi connectivity index (χ0v) is 12.1. The molecule has 0 aliphatic heterocycles. The van der Waals surface area contributed by atoms with Crippen LogP contribution in [0.5, 0.6) is 0 Å². The third kappa shape index (κ3) is 4.17. The number of hydrogen-bond donors (Lipinski definition) is 1. The predicted molar refractivity (Wildman–Crippen MR) is 78.7 cm³/mol. The fourth-order valence-corrected chi connectivity index (χ4v) is 2.28. The van der Waals surface area contributed by atoms with Crippen LogP contribution in [0.4, 0.5) is 4.39 Å². The Morgan fingerprint density at radius 3 is 2.60 bits per heavy atom. The second kappa shape index (κ2) is 7.20. The van der Waals surface area contributed by atoms with Crippen molar-refractivity contribution < 1.29 is 4.39 Å². The molecule has 3 nitrogen and oxygen atoms in total. The molecule has 2 rings (SSSR count). The largest absolute Gasteiger partial charge is 0.304 e. The van der Waals surface area contributed by atoms with E-state index in [4.69, 9.17) is 0 Å². The highest BCUT2D eigenvalue weighted by molar-refractivity contribution is 5.20. The Labute approximate surface area is 119 Å². The van der Waals surface area contributed by atoms with Crippen LogP contribution in [0.1, 0.15) is 43.5 Å². The average Bonchev–Trinajstić information content (AvgIpc) is 2.86. The van der Waals surface area contributed by atoms with Crippen LogP contribution < -0.4 is 5.32 Å². The number of aromatic nitrogens is 2. The Kier molecular flexibility index (Phi) is 5.30. The van der Waals surface area contributed by atoms with Gasteiger partial charge in [-0.3, -0.25) is 4.68 Å². The van der Waals surface area contributed by atoms with Crippen molar-refractivity contribution in [1.29, 1.82) is 0 Å². The number of benzene rings is 1. The van der Waals surface area contributed by atoms with E-state index < -0.39 is 0 Å². The molecule has 1 aromatic heterocycles. The van der Waals surface area contributed by atoms with Gasteiger partial charge in [0.15, 0.2) is 0 Å². The van der Waals surface area contributed by atoms with Crippen LogP contribution in [-0.2, 0) is 13.6 Å². The van der Waals surface area contributed by atoms with Gasteiger partial charge in [-0.25, -0.2) is 4.39 Å². The van der Waals surface area contributed by atoms with Crippen molar-refractivity contribution in [2.45, 2.75) is 38.8 Å². The molecule has 2 aromatic rings. The predicted octanol–water partition coefficient (Wildman–Crippen LogP) is 3.58. The molecule has 0 saturated carbocycles. The second-order valence-electron chi connectivity index (χ2n) is 5.11. The van der Waals surface area contributed by atoms with Gasteiger partial charge in [0.05, 0.1) is 5.69 Å². The minimum Gasteiger partial charge on any atom is -0.304 e. The van der Waals surface area contributed by atoms with E-state index in [1.807, 2.05) is 31.4 Å². The first-order valence-electron chi connectivity index (χ1n) is 7.16. The maximum absolute atomic E-state index is 13.0. The van der Waals surface area contributed by atoms with Gasteiger partial charge in [-0.1, -0.05) is 31.9 Å². The molecular formula is C16H22FN3. The summed E-state index contributed by atoms with van der Waals surface area (Å²) >= 11 is 0. The first-order valence-corrected chi connectivity index (χ1v) is 7.16. The third-order valence-corrected chi connectivity index (χ3v) is 3.42.